The highest BCUT2D eigenvalue weighted by atomic mass is 35.5. The molecule has 3 aromatic rings. The summed E-state index contributed by atoms with van der Waals surface area (Å²) in [7, 11) is 1.38. The van der Waals surface area contributed by atoms with Crippen LogP contribution in [0.25, 0.3) is 0 Å². The van der Waals surface area contributed by atoms with Gasteiger partial charge in [-0.15, -0.1) is 0 Å². The van der Waals surface area contributed by atoms with E-state index < -0.39 is 11.2 Å². The van der Waals surface area contributed by atoms with Crippen molar-refractivity contribution in [2.45, 2.75) is 13.0 Å². The highest BCUT2D eigenvalue weighted by molar-refractivity contribution is 6.30. The molecule has 7 heteroatoms. The van der Waals surface area contributed by atoms with Gasteiger partial charge in [0.1, 0.15) is 5.15 Å². The molecule has 3 rings (SSSR count). The third-order valence-electron chi connectivity index (χ3n) is 4.54. The lowest BCUT2D eigenvalue weighted by Crippen LogP contribution is -2.40. The standard InChI is InChI=1S/C21H15ClN4O2/c1-25-20(27)18(10-14-6-2-3-7-15(14)11-23)19(22)26(21(25)28)13-17-9-5-4-8-16(17)12-24/h2-9H,10,13H2,1H3. The average molecular weight is 391 g/mol. The molecule has 0 radical (unpaired) electrons. The van der Waals surface area contributed by atoms with Crippen LogP contribution in [0.15, 0.2) is 58.1 Å². The van der Waals surface area contributed by atoms with Gasteiger partial charge in [-0.05, 0) is 23.3 Å². The van der Waals surface area contributed by atoms with Crippen molar-refractivity contribution in [1.29, 1.82) is 10.5 Å². The number of nitriles is 2. The van der Waals surface area contributed by atoms with Gasteiger partial charge >= 0.3 is 5.69 Å². The molecule has 0 atom stereocenters. The predicted molar refractivity (Wildman–Crippen MR) is 105 cm³/mol. The average Bonchev–Trinajstić information content (AvgIpc) is 2.73. The van der Waals surface area contributed by atoms with Gasteiger partial charge in [-0.25, -0.2) is 4.79 Å². The Morgan fingerprint density at radius 1 is 0.929 bits per heavy atom. The van der Waals surface area contributed by atoms with Gasteiger partial charge in [0.05, 0.1) is 35.4 Å². The zero-order chi connectivity index (χ0) is 20.3. The molecule has 28 heavy (non-hydrogen) atoms. The summed E-state index contributed by atoms with van der Waals surface area (Å²) in [6, 6.07) is 18.0. The number of hydrogen-bond donors (Lipinski definition) is 0. The molecule has 0 N–H and O–H groups in total. The van der Waals surface area contributed by atoms with Gasteiger partial charge in [-0.3, -0.25) is 13.9 Å². The van der Waals surface area contributed by atoms with Gasteiger partial charge in [0.2, 0.25) is 0 Å². The Morgan fingerprint density at radius 2 is 1.46 bits per heavy atom. The van der Waals surface area contributed by atoms with Crippen molar-refractivity contribution in [3.05, 3.63) is 102 Å². The molecule has 0 saturated heterocycles. The van der Waals surface area contributed by atoms with Crippen LogP contribution in [0, 0.1) is 22.7 Å². The molecular formula is C21H15ClN4O2. The van der Waals surface area contributed by atoms with E-state index in [1.54, 1.807) is 48.5 Å². The molecular weight excluding hydrogens is 376 g/mol. The Hall–Kier alpha value is -3.61. The molecule has 6 nitrogen and oxygen atoms in total. The van der Waals surface area contributed by atoms with E-state index in [1.165, 1.54) is 11.6 Å². The van der Waals surface area contributed by atoms with Crippen LogP contribution >= 0.6 is 11.6 Å². The molecule has 0 fully saturated rings. The first-order valence-corrected chi connectivity index (χ1v) is 8.80. The predicted octanol–water partition coefficient (Wildman–Crippen LogP) is 2.58. The summed E-state index contributed by atoms with van der Waals surface area (Å²) in [5.41, 5.74) is 1.28. The van der Waals surface area contributed by atoms with Crippen LogP contribution in [0.2, 0.25) is 5.15 Å². The van der Waals surface area contributed by atoms with Gasteiger partial charge in [0.15, 0.2) is 0 Å². The smallest absolute Gasteiger partial charge is 0.279 e. The zero-order valence-electron chi connectivity index (χ0n) is 15.0. The third-order valence-corrected chi connectivity index (χ3v) is 4.97. The minimum Gasteiger partial charge on any atom is -0.279 e. The molecule has 0 aliphatic rings. The fourth-order valence-corrected chi connectivity index (χ4v) is 3.28. The lowest BCUT2D eigenvalue weighted by Gasteiger charge is -2.15. The summed E-state index contributed by atoms with van der Waals surface area (Å²) in [6.45, 7) is 0.0580. The van der Waals surface area contributed by atoms with Crippen molar-refractivity contribution in [1.82, 2.24) is 9.13 Å². The summed E-state index contributed by atoms with van der Waals surface area (Å²) in [4.78, 5) is 25.3. The number of hydrogen-bond acceptors (Lipinski definition) is 4. The Kier molecular flexibility index (Phi) is 5.44. The topological polar surface area (TPSA) is 91.6 Å². The molecule has 0 aliphatic heterocycles. The van der Waals surface area contributed by atoms with Gasteiger partial charge in [0, 0.05) is 13.5 Å². The first kappa shape index (κ1) is 19.2. The second kappa shape index (κ2) is 7.96. The minimum atomic E-state index is -0.569. The van der Waals surface area contributed by atoms with Crippen LogP contribution in [0.3, 0.4) is 0 Å². The SMILES string of the molecule is Cn1c(=O)c(Cc2ccccc2C#N)c(Cl)n(Cc2ccccc2C#N)c1=O. The number of nitrogens with zero attached hydrogens (tertiary/aromatic N) is 4. The minimum absolute atomic E-state index is 0.00795. The maximum absolute atomic E-state index is 12.7. The van der Waals surface area contributed by atoms with E-state index in [9.17, 15) is 20.1 Å². The van der Waals surface area contributed by atoms with E-state index in [-0.39, 0.29) is 23.7 Å². The zero-order valence-corrected chi connectivity index (χ0v) is 15.8. The molecule has 0 bridgehead atoms. The Bertz CT molecular complexity index is 1160. The highest BCUT2D eigenvalue weighted by Gasteiger charge is 2.18. The number of benzene rings is 2. The van der Waals surface area contributed by atoms with Gasteiger partial charge in [0.25, 0.3) is 5.56 Å². The molecule has 0 spiro atoms. The van der Waals surface area contributed by atoms with Gasteiger partial charge in [-0.2, -0.15) is 10.5 Å². The summed E-state index contributed by atoms with van der Waals surface area (Å²) < 4.78 is 2.26. The molecule has 0 saturated carbocycles. The first-order valence-electron chi connectivity index (χ1n) is 8.42. The molecule has 1 aromatic heterocycles. The van der Waals surface area contributed by atoms with E-state index in [4.69, 9.17) is 11.6 Å². The van der Waals surface area contributed by atoms with Crippen LogP contribution in [0.4, 0.5) is 0 Å². The van der Waals surface area contributed by atoms with Crippen molar-refractivity contribution >= 4 is 11.6 Å². The fourth-order valence-electron chi connectivity index (χ4n) is 3.00. The molecule has 0 amide bonds. The Balaban J connectivity index is 2.16. The van der Waals surface area contributed by atoms with Crippen LogP contribution in [0.5, 0.6) is 0 Å². The molecule has 0 unspecified atom stereocenters. The molecule has 138 valence electrons. The molecule has 2 aromatic carbocycles. The Morgan fingerprint density at radius 3 is 2.07 bits per heavy atom. The first-order chi connectivity index (χ1) is 13.5. The van der Waals surface area contributed by atoms with Crippen molar-refractivity contribution < 1.29 is 0 Å². The summed E-state index contributed by atoms with van der Waals surface area (Å²) in [5, 5.41) is 18.6. The lowest BCUT2D eigenvalue weighted by molar-refractivity contribution is 0.635. The van der Waals surface area contributed by atoms with Crippen molar-refractivity contribution in [2.24, 2.45) is 7.05 Å². The third kappa shape index (κ3) is 3.46. The fraction of sp³-hybridized carbons (Fsp3) is 0.143. The summed E-state index contributed by atoms with van der Waals surface area (Å²) in [5.74, 6) is 0. The quantitative estimate of drug-likeness (QED) is 0.640. The summed E-state index contributed by atoms with van der Waals surface area (Å²) in [6.07, 6.45) is 0.120. The Labute approximate surface area is 166 Å². The second-order valence-corrected chi connectivity index (χ2v) is 6.57. The number of halogens is 1. The monoisotopic (exact) mass is 390 g/mol. The van der Waals surface area contributed by atoms with E-state index in [0.717, 1.165) is 4.57 Å². The normalized spacial score (nSPS) is 10.3. The van der Waals surface area contributed by atoms with E-state index in [0.29, 0.717) is 22.3 Å². The van der Waals surface area contributed by atoms with E-state index >= 15 is 0 Å². The summed E-state index contributed by atoms with van der Waals surface area (Å²) >= 11 is 6.47. The maximum atomic E-state index is 12.7. The van der Waals surface area contributed by atoms with Crippen molar-refractivity contribution in [3.8, 4) is 12.1 Å². The van der Waals surface area contributed by atoms with Crippen LogP contribution in [-0.2, 0) is 20.0 Å². The van der Waals surface area contributed by atoms with Crippen LogP contribution in [-0.4, -0.2) is 9.13 Å². The second-order valence-electron chi connectivity index (χ2n) is 6.22. The van der Waals surface area contributed by atoms with Crippen LogP contribution < -0.4 is 11.2 Å². The lowest BCUT2D eigenvalue weighted by atomic mass is 10.0. The molecule has 1 heterocycles. The van der Waals surface area contributed by atoms with E-state index in [2.05, 4.69) is 12.1 Å². The number of rotatable bonds is 4. The number of aromatic nitrogens is 2. The van der Waals surface area contributed by atoms with Gasteiger partial charge < -0.3 is 0 Å². The van der Waals surface area contributed by atoms with Gasteiger partial charge in [-0.1, -0.05) is 48.0 Å². The molecule has 0 aliphatic carbocycles. The highest BCUT2D eigenvalue weighted by Crippen LogP contribution is 2.19. The van der Waals surface area contributed by atoms with Crippen molar-refractivity contribution in [3.63, 3.8) is 0 Å². The largest absolute Gasteiger partial charge is 0.332 e. The van der Waals surface area contributed by atoms with Crippen LogP contribution in [0.1, 0.15) is 27.8 Å². The maximum Gasteiger partial charge on any atom is 0.332 e. The van der Waals surface area contributed by atoms with Crippen molar-refractivity contribution in [2.75, 3.05) is 0 Å². The van der Waals surface area contributed by atoms with E-state index in [1.807, 2.05) is 0 Å².